The third kappa shape index (κ3) is 2.66. The predicted molar refractivity (Wildman–Crippen MR) is 71.2 cm³/mol. The van der Waals surface area contributed by atoms with Crippen LogP contribution >= 0.6 is 11.6 Å². The minimum Gasteiger partial charge on any atom is -0.434 e. The predicted octanol–water partition coefficient (Wildman–Crippen LogP) is 2.64. The molecule has 0 fully saturated rings. The van der Waals surface area contributed by atoms with Crippen molar-refractivity contribution < 1.29 is 9.53 Å². The Balaban J connectivity index is 2.51. The van der Waals surface area contributed by atoms with E-state index in [1.165, 1.54) is 0 Å². The van der Waals surface area contributed by atoms with E-state index in [4.69, 9.17) is 16.3 Å². The summed E-state index contributed by atoms with van der Waals surface area (Å²) in [6.45, 7) is 3.69. The lowest BCUT2D eigenvalue weighted by atomic mass is 10.1. The third-order valence-corrected chi connectivity index (χ3v) is 2.96. The molecule has 1 aromatic carbocycles. The van der Waals surface area contributed by atoms with Crippen molar-refractivity contribution in [3.05, 3.63) is 50.3 Å². The average molecular weight is 279 g/mol. The number of rotatable bonds is 3. The third-order valence-electron chi connectivity index (χ3n) is 2.77. The van der Waals surface area contributed by atoms with Crippen LogP contribution in [0.15, 0.2) is 23.0 Å². The van der Waals surface area contributed by atoms with Crippen LogP contribution in [-0.2, 0) is 0 Å². The van der Waals surface area contributed by atoms with Gasteiger partial charge in [-0.3, -0.25) is 14.7 Å². The minimum atomic E-state index is -0.457. The SMILES string of the molecule is Cc1ccc(C=O)c(Oc2n[nH]c(Cl)cc2=O)c1C. The first-order chi connectivity index (χ1) is 9.02. The summed E-state index contributed by atoms with van der Waals surface area (Å²) >= 11 is 5.61. The van der Waals surface area contributed by atoms with E-state index in [1.54, 1.807) is 6.07 Å². The second-order valence-corrected chi connectivity index (χ2v) is 4.44. The van der Waals surface area contributed by atoms with Gasteiger partial charge in [-0.15, -0.1) is 5.10 Å². The number of nitrogens with one attached hydrogen (secondary N) is 1. The molecule has 0 saturated heterocycles. The Hall–Kier alpha value is -2.14. The number of nitrogens with zero attached hydrogens (tertiary/aromatic N) is 1. The molecule has 2 rings (SSSR count). The van der Waals surface area contributed by atoms with Crippen LogP contribution in [0.2, 0.25) is 5.15 Å². The normalized spacial score (nSPS) is 10.3. The molecular weight excluding hydrogens is 268 g/mol. The second kappa shape index (κ2) is 5.24. The maximum Gasteiger partial charge on any atom is 0.285 e. The van der Waals surface area contributed by atoms with Crippen LogP contribution in [0.3, 0.4) is 0 Å². The molecule has 1 heterocycles. The highest BCUT2D eigenvalue weighted by atomic mass is 35.5. The van der Waals surface area contributed by atoms with Gasteiger partial charge < -0.3 is 4.74 Å². The Morgan fingerprint density at radius 1 is 1.37 bits per heavy atom. The molecule has 0 aliphatic carbocycles. The summed E-state index contributed by atoms with van der Waals surface area (Å²) in [5, 5.41) is 6.27. The van der Waals surface area contributed by atoms with Crippen molar-refractivity contribution >= 4 is 17.9 Å². The largest absolute Gasteiger partial charge is 0.434 e. The summed E-state index contributed by atoms with van der Waals surface area (Å²) in [4.78, 5) is 22.7. The second-order valence-electron chi connectivity index (χ2n) is 4.03. The lowest BCUT2D eigenvalue weighted by Gasteiger charge is -2.11. The first kappa shape index (κ1) is 13.3. The topological polar surface area (TPSA) is 72.0 Å². The Kier molecular flexibility index (Phi) is 3.66. The van der Waals surface area contributed by atoms with Gasteiger partial charge in [0.25, 0.3) is 5.88 Å². The minimum absolute atomic E-state index is 0.119. The Labute approximate surface area is 114 Å². The van der Waals surface area contributed by atoms with Crippen molar-refractivity contribution in [1.29, 1.82) is 0 Å². The zero-order valence-corrected chi connectivity index (χ0v) is 11.1. The highest BCUT2D eigenvalue weighted by Gasteiger charge is 2.13. The van der Waals surface area contributed by atoms with Gasteiger partial charge in [0.1, 0.15) is 10.9 Å². The Morgan fingerprint density at radius 2 is 2.11 bits per heavy atom. The molecule has 1 N–H and O–H groups in total. The molecule has 0 saturated carbocycles. The monoisotopic (exact) mass is 278 g/mol. The number of aldehydes is 1. The first-order valence-electron chi connectivity index (χ1n) is 5.51. The lowest BCUT2D eigenvalue weighted by Crippen LogP contribution is -2.09. The maximum absolute atomic E-state index is 11.7. The molecule has 6 heteroatoms. The lowest BCUT2D eigenvalue weighted by molar-refractivity contribution is 0.112. The number of hydrogen-bond acceptors (Lipinski definition) is 4. The number of aromatic amines is 1. The standard InChI is InChI=1S/C13H11ClN2O3/c1-7-3-4-9(6-17)12(8(7)2)19-13-10(18)5-11(14)15-16-13/h3-6H,1-2H3,(H,15,18). The summed E-state index contributed by atoms with van der Waals surface area (Å²) in [5.41, 5.74) is 1.63. The van der Waals surface area contributed by atoms with E-state index in [2.05, 4.69) is 10.2 Å². The van der Waals surface area contributed by atoms with Crippen molar-refractivity contribution in [2.24, 2.45) is 0 Å². The Bertz CT molecular complexity index is 695. The number of benzene rings is 1. The first-order valence-corrected chi connectivity index (χ1v) is 5.89. The van der Waals surface area contributed by atoms with Gasteiger partial charge >= 0.3 is 0 Å². The van der Waals surface area contributed by atoms with E-state index >= 15 is 0 Å². The van der Waals surface area contributed by atoms with Gasteiger partial charge in [-0.2, -0.15) is 0 Å². The van der Waals surface area contributed by atoms with E-state index in [1.807, 2.05) is 19.9 Å². The fourth-order valence-electron chi connectivity index (χ4n) is 1.58. The molecule has 0 aliphatic rings. The number of carbonyl (C=O) groups excluding carboxylic acids is 1. The van der Waals surface area contributed by atoms with Gasteiger partial charge in [-0.05, 0) is 31.0 Å². The van der Waals surface area contributed by atoms with Crippen LogP contribution in [0.25, 0.3) is 0 Å². The average Bonchev–Trinajstić information content (AvgIpc) is 2.38. The quantitative estimate of drug-likeness (QED) is 0.876. The molecule has 0 spiro atoms. The van der Waals surface area contributed by atoms with E-state index in [-0.39, 0.29) is 11.0 Å². The highest BCUT2D eigenvalue weighted by molar-refractivity contribution is 6.29. The van der Waals surface area contributed by atoms with Gasteiger partial charge in [0, 0.05) is 6.07 Å². The summed E-state index contributed by atoms with van der Waals surface area (Å²) in [6.07, 6.45) is 0.673. The Morgan fingerprint density at radius 3 is 2.74 bits per heavy atom. The molecule has 19 heavy (non-hydrogen) atoms. The van der Waals surface area contributed by atoms with Gasteiger partial charge in [-0.1, -0.05) is 17.7 Å². The number of H-pyrrole nitrogens is 1. The molecule has 0 aliphatic heterocycles. The molecular formula is C13H11ClN2O3. The molecule has 0 radical (unpaired) electrons. The molecule has 0 atom stereocenters. The van der Waals surface area contributed by atoms with E-state index in [0.717, 1.165) is 17.2 Å². The zero-order valence-electron chi connectivity index (χ0n) is 10.4. The van der Waals surface area contributed by atoms with Crippen molar-refractivity contribution in [2.75, 3.05) is 0 Å². The zero-order chi connectivity index (χ0) is 14.0. The molecule has 1 aromatic heterocycles. The summed E-state index contributed by atoms with van der Waals surface area (Å²) in [5.74, 6) is 0.177. The molecule has 98 valence electrons. The van der Waals surface area contributed by atoms with Crippen LogP contribution in [0, 0.1) is 13.8 Å². The summed E-state index contributed by atoms with van der Waals surface area (Å²) in [7, 11) is 0. The molecule has 2 aromatic rings. The molecule has 5 nitrogen and oxygen atoms in total. The smallest absolute Gasteiger partial charge is 0.285 e. The number of aromatic nitrogens is 2. The van der Waals surface area contributed by atoms with Gasteiger partial charge in [0.05, 0.1) is 5.56 Å². The number of ether oxygens (including phenoxy) is 1. The van der Waals surface area contributed by atoms with Crippen molar-refractivity contribution in [3.63, 3.8) is 0 Å². The number of hydrogen-bond donors (Lipinski definition) is 1. The van der Waals surface area contributed by atoms with Crippen LogP contribution in [0.5, 0.6) is 11.6 Å². The van der Waals surface area contributed by atoms with Gasteiger partial charge in [0.2, 0.25) is 5.43 Å². The van der Waals surface area contributed by atoms with Crippen LogP contribution in [0.4, 0.5) is 0 Å². The van der Waals surface area contributed by atoms with E-state index in [9.17, 15) is 9.59 Å². The van der Waals surface area contributed by atoms with E-state index < -0.39 is 5.43 Å². The fourth-order valence-corrected chi connectivity index (χ4v) is 1.72. The van der Waals surface area contributed by atoms with Crippen molar-refractivity contribution in [2.45, 2.75) is 13.8 Å². The maximum atomic E-state index is 11.7. The van der Waals surface area contributed by atoms with E-state index in [0.29, 0.717) is 17.6 Å². The van der Waals surface area contributed by atoms with Crippen molar-refractivity contribution in [1.82, 2.24) is 10.2 Å². The van der Waals surface area contributed by atoms with Crippen LogP contribution in [-0.4, -0.2) is 16.5 Å². The van der Waals surface area contributed by atoms with Gasteiger partial charge in [-0.25, -0.2) is 0 Å². The molecule has 0 unspecified atom stereocenters. The van der Waals surface area contributed by atoms with Crippen LogP contribution in [0.1, 0.15) is 21.5 Å². The molecule has 0 amide bonds. The summed E-state index contributed by atoms with van der Waals surface area (Å²) in [6, 6.07) is 4.61. The van der Waals surface area contributed by atoms with Crippen molar-refractivity contribution in [3.8, 4) is 11.6 Å². The number of aryl methyl sites for hydroxylation is 1. The molecule has 0 bridgehead atoms. The highest BCUT2D eigenvalue weighted by Crippen LogP contribution is 2.28. The number of carbonyl (C=O) groups is 1. The number of halogens is 1. The van der Waals surface area contributed by atoms with Crippen LogP contribution < -0.4 is 10.2 Å². The fraction of sp³-hybridized carbons (Fsp3) is 0.154. The van der Waals surface area contributed by atoms with Gasteiger partial charge in [0.15, 0.2) is 6.29 Å². The summed E-state index contributed by atoms with van der Waals surface area (Å²) < 4.78 is 5.45.